The van der Waals surface area contributed by atoms with Gasteiger partial charge in [0.15, 0.2) is 5.96 Å². The summed E-state index contributed by atoms with van der Waals surface area (Å²) in [5, 5.41) is 6.68. The average Bonchev–Trinajstić information content (AvgIpc) is 2.45. The number of sulfonamides is 1. The van der Waals surface area contributed by atoms with Gasteiger partial charge in [-0.15, -0.1) is 0 Å². The van der Waals surface area contributed by atoms with Crippen LogP contribution in [0, 0.1) is 5.92 Å². The molecule has 0 aromatic rings. The Bertz CT molecular complexity index is 450. The van der Waals surface area contributed by atoms with Gasteiger partial charge in [0, 0.05) is 32.2 Å². The van der Waals surface area contributed by atoms with Crippen molar-refractivity contribution in [1.82, 2.24) is 14.9 Å². The van der Waals surface area contributed by atoms with Crippen LogP contribution in [0.2, 0.25) is 0 Å². The van der Waals surface area contributed by atoms with Crippen molar-refractivity contribution in [3.05, 3.63) is 0 Å². The SMILES string of the molecule is CCNC(=NCCCN(CC)S(C)(=O)=O)NC(C)CCCC(C)C. The first-order chi connectivity index (χ1) is 11.2. The molecular formula is C17H38N4O2S. The first-order valence-electron chi connectivity index (χ1n) is 9.20. The van der Waals surface area contributed by atoms with Crippen LogP contribution in [0.15, 0.2) is 4.99 Å². The highest BCUT2D eigenvalue weighted by Gasteiger charge is 2.13. The molecule has 0 aliphatic heterocycles. The number of hydrogen-bond donors (Lipinski definition) is 2. The van der Waals surface area contributed by atoms with E-state index in [2.05, 4.69) is 36.4 Å². The Balaban J connectivity index is 4.31. The van der Waals surface area contributed by atoms with Crippen molar-refractivity contribution < 1.29 is 8.42 Å². The number of nitrogens with zero attached hydrogens (tertiary/aromatic N) is 2. The van der Waals surface area contributed by atoms with Crippen molar-refractivity contribution >= 4 is 16.0 Å². The van der Waals surface area contributed by atoms with Crippen LogP contribution in [-0.4, -0.2) is 57.2 Å². The van der Waals surface area contributed by atoms with Gasteiger partial charge in [0.25, 0.3) is 0 Å². The van der Waals surface area contributed by atoms with Gasteiger partial charge in [-0.3, -0.25) is 4.99 Å². The van der Waals surface area contributed by atoms with Crippen LogP contribution < -0.4 is 10.6 Å². The lowest BCUT2D eigenvalue weighted by Gasteiger charge is -2.19. The van der Waals surface area contributed by atoms with E-state index in [9.17, 15) is 8.42 Å². The monoisotopic (exact) mass is 362 g/mol. The van der Waals surface area contributed by atoms with E-state index in [0.29, 0.717) is 25.7 Å². The van der Waals surface area contributed by atoms with Gasteiger partial charge in [-0.1, -0.05) is 33.6 Å². The summed E-state index contributed by atoms with van der Waals surface area (Å²) in [6.45, 7) is 13.0. The largest absolute Gasteiger partial charge is 0.357 e. The van der Waals surface area contributed by atoms with Crippen LogP contribution in [0.4, 0.5) is 0 Å². The number of hydrogen-bond acceptors (Lipinski definition) is 3. The third kappa shape index (κ3) is 11.7. The van der Waals surface area contributed by atoms with E-state index in [1.165, 1.54) is 23.4 Å². The number of guanidine groups is 1. The smallest absolute Gasteiger partial charge is 0.211 e. The van der Waals surface area contributed by atoms with E-state index >= 15 is 0 Å². The van der Waals surface area contributed by atoms with Gasteiger partial charge < -0.3 is 10.6 Å². The molecule has 1 unspecified atom stereocenters. The molecule has 24 heavy (non-hydrogen) atoms. The van der Waals surface area contributed by atoms with Crippen LogP contribution in [0.3, 0.4) is 0 Å². The fourth-order valence-corrected chi connectivity index (χ4v) is 3.38. The van der Waals surface area contributed by atoms with E-state index in [1.54, 1.807) is 0 Å². The minimum Gasteiger partial charge on any atom is -0.357 e. The molecular weight excluding hydrogens is 324 g/mol. The maximum absolute atomic E-state index is 11.6. The molecule has 0 fully saturated rings. The maximum atomic E-state index is 11.6. The average molecular weight is 363 g/mol. The highest BCUT2D eigenvalue weighted by Crippen LogP contribution is 2.08. The Labute approximate surface area is 149 Å². The summed E-state index contributed by atoms with van der Waals surface area (Å²) < 4.78 is 24.6. The fraction of sp³-hybridized carbons (Fsp3) is 0.941. The molecule has 7 heteroatoms. The zero-order chi connectivity index (χ0) is 18.6. The lowest BCUT2D eigenvalue weighted by molar-refractivity contribution is 0.427. The van der Waals surface area contributed by atoms with E-state index in [-0.39, 0.29) is 0 Å². The van der Waals surface area contributed by atoms with Crippen molar-refractivity contribution in [3.8, 4) is 0 Å². The Kier molecular flexibility index (Phi) is 12.1. The molecule has 0 aromatic heterocycles. The fourth-order valence-electron chi connectivity index (χ4n) is 2.45. The predicted molar refractivity (Wildman–Crippen MR) is 104 cm³/mol. The van der Waals surface area contributed by atoms with Crippen LogP contribution in [0.1, 0.15) is 60.3 Å². The second-order valence-corrected chi connectivity index (χ2v) is 8.72. The van der Waals surface area contributed by atoms with Crippen LogP contribution in [-0.2, 0) is 10.0 Å². The highest BCUT2D eigenvalue weighted by molar-refractivity contribution is 7.88. The lowest BCUT2D eigenvalue weighted by atomic mass is 10.0. The summed E-state index contributed by atoms with van der Waals surface area (Å²) in [7, 11) is -3.11. The normalized spacial score (nSPS) is 14.2. The number of aliphatic imine (C=N–C) groups is 1. The molecule has 2 N–H and O–H groups in total. The van der Waals surface area contributed by atoms with Gasteiger partial charge in [0.05, 0.1) is 6.26 Å². The molecule has 0 saturated heterocycles. The molecule has 0 spiro atoms. The lowest BCUT2D eigenvalue weighted by Crippen LogP contribution is -2.42. The standard InChI is InChI=1S/C17H38N4O2S/c1-7-18-17(20-16(5)12-9-11-15(3)4)19-13-10-14-21(8-2)24(6,22)23/h15-16H,7-14H2,1-6H3,(H2,18,19,20). The summed E-state index contributed by atoms with van der Waals surface area (Å²) in [5.41, 5.74) is 0. The Hall–Kier alpha value is -0.820. The quantitative estimate of drug-likeness (QED) is 0.318. The first kappa shape index (κ1) is 23.2. The summed E-state index contributed by atoms with van der Waals surface area (Å²) in [6.07, 6.45) is 5.56. The van der Waals surface area contributed by atoms with Crippen LogP contribution >= 0.6 is 0 Å². The van der Waals surface area contributed by atoms with Crippen molar-refractivity contribution in [2.45, 2.75) is 66.3 Å². The topological polar surface area (TPSA) is 73.8 Å². The van der Waals surface area contributed by atoms with Crippen molar-refractivity contribution in [3.63, 3.8) is 0 Å². The van der Waals surface area contributed by atoms with Gasteiger partial charge in [0.1, 0.15) is 0 Å². The van der Waals surface area contributed by atoms with Crippen LogP contribution in [0.25, 0.3) is 0 Å². The highest BCUT2D eigenvalue weighted by atomic mass is 32.2. The third-order valence-corrected chi connectivity index (χ3v) is 5.18. The minimum atomic E-state index is -3.11. The van der Waals surface area contributed by atoms with Gasteiger partial charge in [-0.05, 0) is 32.6 Å². The van der Waals surface area contributed by atoms with E-state index < -0.39 is 10.0 Å². The van der Waals surface area contributed by atoms with Gasteiger partial charge in [0.2, 0.25) is 10.0 Å². The summed E-state index contributed by atoms with van der Waals surface area (Å²) in [5.74, 6) is 1.56. The molecule has 0 saturated carbocycles. The zero-order valence-corrected chi connectivity index (χ0v) is 17.2. The van der Waals surface area contributed by atoms with E-state index in [0.717, 1.165) is 31.3 Å². The van der Waals surface area contributed by atoms with Crippen molar-refractivity contribution in [1.29, 1.82) is 0 Å². The Morgan fingerprint density at radius 3 is 2.29 bits per heavy atom. The molecule has 0 amide bonds. The third-order valence-electron chi connectivity index (χ3n) is 3.80. The van der Waals surface area contributed by atoms with Gasteiger partial charge in [-0.2, -0.15) is 0 Å². The summed E-state index contributed by atoms with van der Waals surface area (Å²) in [6, 6.07) is 0.379. The zero-order valence-electron chi connectivity index (χ0n) is 16.4. The van der Waals surface area contributed by atoms with Crippen LogP contribution in [0.5, 0.6) is 0 Å². The predicted octanol–water partition coefficient (Wildman–Crippen LogP) is 2.43. The van der Waals surface area contributed by atoms with E-state index in [4.69, 9.17) is 0 Å². The molecule has 0 heterocycles. The first-order valence-corrected chi connectivity index (χ1v) is 11.0. The molecule has 0 radical (unpaired) electrons. The number of rotatable bonds is 12. The van der Waals surface area contributed by atoms with E-state index in [1.807, 2.05) is 13.8 Å². The molecule has 0 bridgehead atoms. The Morgan fingerprint density at radius 1 is 1.12 bits per heavy atom. The molecule has 0 aromatic carbocycles. The summed E-state index contributed by atoms with van der Waals surface area (Å²) >= 11 is 0. The second-order valence-electron chi connectivity index (χ2n) is 6.74. The molecule has 1 atom stereocenters. The summed E-state index contributed by atoms with van der Waals surface area (Å²) in [4.78, 5) is 4.56. The Morgan fingerprint density at radius 2 is 1.79 bits per heavy atom. The molecule has 0 aliphatic rings. The van der Waals surface area contributed by atoms with Crippen molar-refractivity contribution in [2.24, 2.45) is 10.9 Å². The van der Waals surface area contributed by atoms with Crippen molar-refractivity contribution in [2.75, 3.05) is 32.4 Å². The molecule has 6 nitrogen and oxygen atoms in total. The minimum absolute atomic E-state index is 0.379. The molecule has 0 rings (SSSR count). The second kappa shape index (κ2) is 12.5. The molecule has 144 valence electrons. The van der Waals surface area contributed by atoms with Gasteiger partial charge >= 0.3 is 0 Å². The number of nitrogens with one attached hydrogen (secondary N) is 2. The van der Waals surface area contributed by atoms with Gasteiger partial charge in [-0.25, -0.2) is 12.7 Å². The molecule has 0 aliphatic carbocycles. The maximum Gasteiger partial charge on any atom is 0.211 e.